The van der Waals surface area contributed by atoms with Gasteiger partial charge in [0.05, 0.1) is 23.1 Å². The Morgan fingerprint density at radius 2 is 1.78 bits per heavy atom. The maximum atomic E-state index is 12.6. The Hall–Kier alpha value is -2.53. The number of benzene rings is 2. The molecule has 1 amide bonds. The lowest BCUT2D eigenvalue weighted by molar-refractivity contribution is -0.119. The number of nitrogens with zero attached hydrogens (tertiary/aromatic N) is 2. The number of aromatic nitrogens is 1. The molecule has 0 saturated heterocycles. The van der Waals surface area contributed by atoms with Crippen LogP contribution in [-0.2, 0) is 21.2 Å². The van der Waals surface area contributed by atoms with Crippen LogP contribution in [0, 0.1) is 0 Å². The van der Waals surface area contributed by atoms with Crippen molar-refractivity contribution in [2.24, 2.45) is 0 Å². The lowest BCUT2D eigenvalue weighted by Crippen LogP contribution is -2.39. The van der Waals surface area contributed by atoms with E-state index in [1.54, 1.807) is 6.92 Å². The zero-order valence-corrected chi connectivity index (χ0v) is 20.5. The molecule has 0 radical (unpaired) electrons. The van der Waals surface area contributed by atoms with Gasteiger partial charge >= 0.3 is 0 Å². The standard InChI is InChI=1S/C22H23N3O4S2.H2S/c1-15(20(26)13-21-24-19(14-30-21)16-8-5-4-6-9-16)23-22(27)17-10-7-11-18(12-17)31(28,29)25(2)3;/h4-12,14-15H,13H2,1-3H3,(H,23,27);1H2/t15-;/m0./s1. The molecule has 3 aromatic rings. The van der Waals surface area contributed by atoms with Crippen molar-refractivity contribution in [1.82, 2.24) is 14.6 Å². The Labute approximate surface area is 199 Å². The molecule has 0 bridgehead atoms. The number of Topliss-reactive ketones (excluding diaryl/α,β-unsaturated/α-hetero) is 1. The molecule has 1 N–H and O–H groups in total. The van der Waals surface area contributed by atoms with E-state index in [4.69, 9.17) is 0 Å². The van der Waals surface area contributed by atoms with Crippen molar-refractivity contribution in [3.05, 3.63) is 70.5 Å². The second kappa shape index (κ2) is 10.9. The highest BCUT2D eigenvalue weighted by Crippen LogP contribution is 2.22. The Morgan fingerprint density at radius 1 is 1.09 bits per heavy atom. The number of thiazole rings is 1. The molecule has 0 aliphatic heterocycles. The second-order valence-corrected chi connectivity index (χ2v) is 10.2. The number of carbonyl (C=O) groups is 2. The molecule has 2 aromatic carbocycles. The summed E-state index contributed by atoms with van der Waals surface area (Å²) in [5, 5.41) is 5.21. The molecule has 1 aromatic heterocycles. The third-order valence-corrected chi connectivity index (χ3v) is 7.31. The van der Waals surface area contributed by atoms with E-state index < -0.39 is 22.0 Å². The molecule has 3 rings (SSSR count). The first-order valence-electron chi connectivity index (χ1n) is 9.54. The predicted octanol–water partition coefficient (Wildman–Crippen LogP) is 3.10. The maximum Gasteiger partial charge on any atom is 0.251 e. The second-order valence-electron chi connectivity index (χ2n) is 7.15. The molecular weight excluding hydrogens is 466 g/mol. The van der Waals surface area contributed by atoms with Crippen molar-refractivity contribution in [3.8, 4) is 11.3 Å². The van der Waals surface area contributed by atoms with Crippen molar-refractivity contribution >= 4 is 46.5 Å². The zero-order valence-electron chi connectivity index (χ0n) is 17.9. The van der Waals surface area contributed by atoms with E-state index >= 15 is 0 Å². The monoisotopic (exact) mass is 491 g/mol. The van der Waals surface area contributed by atoms with E-state index in [0.717, 1.165) is 15.6 Å². The number of hydrogen-bond donors (Lipinski definition) is 1. The zero-order chi connectivity index (χ0) is 22.6. The molecule has 10 heteroatoms. The number of ketones is 1. The summed E-state index contributed by atoms with van der Waals surface area (Å²) in [6.07, 6.45) is 0.105. The average Bonchev–Trinajstić information content (AvgIpc) is 3.22. The minimum atomic E-state index is -3.66. The number of carbonyl (C=O) groups excluding carboxylic acids is 2. The summed E-state index contributed by atoms with van der Waals surface area (Å²) in [7, 11) is -0.817. The molecule has 0 saturated carbocycles. The van der Waals surface area contributed by atoms with Gasteiger partial charge in [0.2, 0.25) is 10.0 Å². The van der Waals surface area contributed by atoms with Gasteiger partial charge < -0.3 is 5.32 Å². The predicted molar refractivity (Wildman–Crippen MR) is 131 cm³/mol. The van der Waals surface area contributed by atoms with Crippen LogP contribution in [0.25, 0.3) is 11.3 Å². The summed E-state index contributed by atoms with van der Waals surface area (Å²) in [5.74, 6) is -0.694. The Kier molecular flexibility index (Phi) is 8.73. The Morgan fingerprint density at radius 3 is 2.44 bits per heavy atom. The minimum absolute atomic E-state index is 0. The SMILES string of the molecule is C[C@H](NC(=O)c1cccc(S(=O)(=O)N(C)C)c1)C(=O)Cc1nc(-c2ccccc2)cs1.S. The highest BCUT2D eigenvalue weighted by atomic mass is 32.2. The fourth-order valence-corrected chi connectivity index (χ4v) is 4.57. The molecule has 0 spiro atoms. The first-order chi connectivity index (χ1) is 14.7. The van der Waals surface area contributed by atoms with Crippen LogP contribution in [0.15, 0.2) is 64.9 Å². The molecule has 0 aliphatic rings. The Bertz CT molecular complexity index is 1190. The van der Waals surface area contributed by atoms with Crippen LogP contribution in [0.2, 0.25) is 0 Å². The van der Waals surface area contributed by atoms with Crippen molar-refractivity contribution in [2.75, 3.05) is 14.1 Å². The number of sulfonamides is 1. The summed E-state index contributed by atoms with van der Waals surface area (Å²) in [5.41, 5.74) is 1.96. The van der Waals surface area contributed by atoms with Crippen molar-refractivity contribution < 1.29 is 18.0 Å². The average molecular weight is 492 g/mol. The van der Waals surface area contributed by atoms with E-state index in [-0.39, 0.29) is 36.2 Å². The number of rotatable bonds is 8. The smallest absolute Gasteiger partial charge is 0.251 e. The normalized spacial score (nSPS) is 12.1. The minimum Gasteiger partial charge on any atom is -0.343 e. The van der Waals surface area contributed by atoms with Gasteiger partial charge in [-0.25, -0.2) is 17.7 Å². The molecule has 1 atom stereocenters. The van der Waals surface area contributed by atoms with Crippen LogP contribution < -0.4 is 5.32 Å². The van der Waals surface area contributed by atoms with Gasteiger partial charge in [-0.05, 0) is 25.1 Å². The number of hydrogen-bond acceptors (Lipinski definition) is 6. The topological polar surface area (TPSA) is 96.4 Å². The van der Waals surface area contributed by atoms with Gasteiger partial charge in [-0.1, -0.05) is 36.4 Å². The van der Waals surface area contributed by atoms with Crippen LogP contribution in [0.5, 0.6) is 0 Å². The first-order valence-corrected chi connectivity index (χ1v) is 11.9. The largest absolute Gasteiger partial charge is 0.343 e. The van der Waals surface area contributed by atoms with Crippen LogP contribution in [-0.4, -0.2) is 49.5 Å². The highest BCUT2D eigenvalue weighted by Gasteiger charge is 2.21. The van der Waals surface area contributed by atoms with Gasteiger partial charge in [0, 0.05) is 30.6 Å². The van der Waals surface area contributed by atoms with Gasteiger partial charge in [0.25, 0.3) is 5.91 Å². The first kappa shape index (κ1) is 25.7. The van der Waals surface area contributed by atoms with Crippen molar-refractivity contribution in [3.63, 3.8) is 0 Å². The summed E-state index contributed by atoms with van der Waals surface area (Å²) < 4.78 is 25.6. The third kappa shape index (κ3) is 6.04. The molecule has 170 valence electrons. The quantitative estimate of drug-likeness (QED) is 0.522. The summed E-state index contributed by atoms with van der Waals surface area (Å²) in [6, 6.07) is 14.7. The van der Waals surface area contributed by atoms with Crippen molar-refractivity contribution in [1.29, 1.82) is 0 Å². The van der Waals surface area contributed by atoms with E-state index in [1.165, 1.54) is 49.7 Å². The van der Waals surface area contributed by atoms with Crippen LogP contribution >= 0.6 is 24.8 Å². The fraction of sp³-hybridized carbons (Fsp3) is 0.227. The summed E-state index contributed by atoms with van der Waals surface area (Å²) in [6.45, 7) is 1.60. The van der Waals surface area contributed by atoms with E-state index in [0.29, 0.717) is 5.01 Å². The Balaban J connectivity index is 0.00000363. The molecule has 7 nitrogen and oxygen atoms in total. The summed E-state index contributed by atoms with van der Waals surface area (Å²) in [4.78, 5) is 29.7. The van der Waals surface area contributed by atoms with Crippen LogP contribution in [0.3, 0.4) is 0 Å². The fourth-order valence-electron chi connectivity index (χ4n) is 2.80. The van der Waals surface area contributed by atoms with E-state index in [9.17, 15) is 18.0 Å². The van der Waals surface area contributed by atoms with Gasteiger partial charge in [-0.2, -0.15) is 13.5 Å². The molecule has 1 heterocycles. The number of nitrogens with one attached hydrogen (secondary N) is 1. The molecule has 0 unspecified atom stereocenters. The lowest BCUT2D eigenvalue weighted by Gasteiger charge is -2.14. The van der Waals surface area contributed by atoms with Gasteiger partial charge in [-0.15, -0.1) is 11.3 Å². The van der Waals surface area contributed by atoms with Crippen LogP contribution in [0.1, 0.15) is 22.3 Å². The van der Waals surface area contributed by atoms with Gasteiger partial charge in [-0.3, -0.25) is 9.59 Å². The molecule has 0 fully saturated rings. The maximum absolute atomic E-state index is 12.6. The van der Waals surface area contributed by atoms with Crippen LogP contribution in [0.4, 0.5) is 0 Å². The summed E-state index contributed by atoms with van der Waals surface area (Å²) >= 11 is 1.40. The van der Waals surface area contributed by atoms with Gasteiger partial charge in [0.1, 0.15) is 5.01 Å². The number of amides is 1. The third-order valence-electron chi connectivity index (χ3n) is 4.65. The van der Waals surface area contributed by atoms with Crippen molar-refractivity contribution in [2.45, 2.75) is 24.3 Å². The highest BCUT2D eigenvalue weighted by molar-refractivity contribution is 7.89. The molecule has 0 aliphatic carbocycles. The van der Waals surface area contributed by atoms with E-state index in [1.807, 2.05) is 35.7 Å². The lowest BCUT2D eigenvalue weighted by atomic mass is 10.1. The van der Waals surface area contributed by atoms with Gasteiger partial charge in [0.15, 0.2) is 5.78 Å². The van der Waals surface area contributed by atoms with E-state index in [2.05, 4.69) is 10.3 Å². The molecular formula is C22H25N3O4S3. The molecule has 32 heavy (non-hydrogen) atoms.